The highest BCUT2D eigenvalue weighted by Crippen LogP contribution is 2.34. The summed E-state index contributed by atoms with van der Waals surface area (Å²) >= 11 is 6.66. The molecular formula is C14H8BrNO2S2. The van der Waals surface area contributed by atoms with Crippen molar-refractivity contribution in [1.82, 2.24) is 4.98 Å². The van der Waals surface area contributed by atoms with Crippen LogP contribution in [0.25, 0.3) is 21.1 Å². The van der Waals surface area contributed by atoms with Crippen molar-refractivity contribution in [1.29, 1.82) is 0 Å². The molecule has 0 atom stereocenters. The van der Waals surface area contributed by atoms with Gasteiger partial charge in [0.2, 0.25) is 0 Å². The number of hydrogen-bond acceptors (Lipinski definition) is 4. The van der Waals surface area contributed by atoms with E-state index < -0.39 is 5.97 Å². The molecule has 0 aliphatic heterocycles. The maximum absolute atomic E-state index is 10.8. The molecule has 0 bridgehead atoms. The third-order valence-corrected chi connectivity index (χ3v) is 5.41. The molecule has 0 radical (unpaired) electrons. The summed E-state index contributed by atoms with van der Waals surface area (Å²) in [6.45, 7) is 0. The number of halogens is 1. The summed E-state index contributed by atoms with van der Waals surface area (Å²) in [6, 6.07) is 8.80. The first-order valence-electron chi connectivity index (χ1n) is 5.67. The first-order chi connectivity index (χ1) is 9.63. The molecule has 0 aliphatic rings. The van der Waals surface area contributed by atoms with Gasteiger partial charge in [-0.25, -0.2) is 9.78 Å². The van der Waals surface area contributed by atoms with Crippen LogP contribution in [0.3, 0.4) is 0 Å². The lowest BCUT2D eigenvalue weighted by molar-refractivity contribution is 0.0697. The van der Waals surface area contributed by atoms with Gasteiger partial charge in [-0.1, -0.05) is 12.1 Å². The van der Waals surface area contributed by atoms with Gasteiger partial charge in [0.1, 0.15) is 5.01 Å². The van der Waals surface area contributed by atoms with E-state index in [2.05, 4.69) is 20.9 Å². The average Bonchev–Trinajstić information content (AvgIpc) is 3.07. The lowest BCUT2D eigenvalue weighted by Gasteiger charge is -1.97. The monoisotopic (exact) mass is 365 g/mol. The summed E-state index contributed by atoms with van der Waals surface area (Å²) < 4.78 is 1.06. The van der Waals surface area contributed by atoms with Crippen molar-refractivity contribution in [3.63, 3.8) is 0 Å². The molecule has 2 aromatic heterocycles. The van der Waals surface area contributed by atoms with Crippen LogP contribution in [0.4, 0.5) is 0 Å². The molecule has 0 aliphatic carbocycles. The topological polar surface area (TPSA) is 50.2 Å². The Labute approximate surface area is 131 Å². The van der Waals surface area contributed by atoms with Crippen molar-refractivity contribution in [2.24, 2.45) is 0 Å². The van der Waals surface area contributed by atoms with Gasteiger partial charge in [0.25, 0.3) is 0 Å². The fourth-order valence-electron chi connectivity index (χ4n) is 1.73. The normalized spacial score (nSPS) is 10.7. The maximum atomic E-state index is 10.8. The summed E-state index contributed by atoms with van der Waals surface area (Å²) in [5.41, 5.74) is 2.07. The molecule has 0 unspecified atom stereocenters. The van der Waals surface area contributed by atoms with Gasteiger partial charge in [-0.3, -0.25) is 0 Å². The van der Waals surface area contributed by atoms with E-state index >= 15 is 0 Å². The summed E-state index contributed by atoms with van der Waals surface area (Å²) in [5, 5.41) is 13.9. The van der Waals surface area contributed by atoms with E-state index in [0.29, 0.717) is 0 Å². The Hall–Kier alpha value is -1.50. The fourth-order valence-corrected chi connectivity index (χ4v) is 4.06. The van der Waals surface area contributed by atoms with E-state index in [9.17, 15) is 4.79 Å². The second-order valence-corrected chi connectivity index (χ2v) is 6.73. The quantitative estimate of drug-likeness (QED) is 0.710. The second-order valence-electron chi connectivity index (χ2n) is 4.05. The predicted octanol–water partition coefficient (Wildman–Crippen LogP) is 5.00. The van der Waals surface area contributed by atoms with Crippen LogP contribution >= 0.6 is 38.6 Å². The van der Waals surface area contributed by atoms with Crippen LogP contribution < -0.4 is 0 Å². The molecule has 3 aromatic rings. The van der Waals surface area contributed by atoms with Crippen LogP contribution in [-0.4, -0.2) is 16.1 Å². The zero-order chi connectivity index (χ0) is 14.1. The van der Waals surface area contributed by atoms with Gasteiger partial charge in [-0.05, 0) is 34.1 Å². The smallest absolute Gasteiger partial charge is 0.335 e. The van der Waals surface area contributed by atoms with Crippen molar-refractivity contribution >= 4 is 44.6 Å². The number of thiazole rings is 1. The highest BCUT2D eigenvalue weighted by Gasteiger charge is 2.09. The molecule has 0 saturated carbocycles. The molecule has 6 heteroatoms. The number of rotatable bonds is 3. The van der Waals surface area contributed by atoms with E-state index in [0.717, 1.165) is 25.6 Å². The molecule has 2 heterocycles. The lowest BCUT2D eigenvalue weighted by atomic mass is 10.1. The number of hydrogen-bond donors (Lipinski definition) is 1. The lowest BCUT2D eigenvalue weighted by Crippen LogP contribution is -1.94. The van der Waals surface area contributed by atoms with E-state index in [1.807, 2.05) is 16.8 Å². The SMILES string of the molecule is O=C(O)c1ccc(-c2csc(-c3cc(Br)cs3)n2)cc1. The highest BCUT2D eigenvalue weighted by atomic mass is 79.9. The molecule has 0 amide bonds. The van der Waals surface area contributed by atoms with Gasteiger partial charge in [-0.2, -0.15) is 0 Å². The van der Waals surface area contributed by atoms with Crippen molar-refractivity contribution in [3.05, 3.63) is 51.1 Å². The molecule has 3 rings (SSSR count). The number of nitrogens with zero attached hydrogens (tertiary/aromatic N) is 1. The Morgan fingerprint density at radius 3 is 2.50 bits per heavy atom. The molecule has 100 valence electrons. The summed E-state index contributed by atoms with van der Waals surface area (Å²) in [7, 11) is 0. The first-order valence-corrected chi connectivity index (χ1v) is 8.22. The van der Waals surface area contributed by atoms with Crippen LogP contribution in [0.15, 0.2) is 45.6 Å². The van der Waals surface area contributed by atoms with E-state index in [1.165, 1.54) is 0 Å². The number of carboxylic acids is 1. The number of carboxylic acid groups (broad SMARTS) is 1. The summed E-state index contributed by atoms with van der Waals surface area (Å²) in [4.78, 5) is 16.5. The Bertz CT molecular complexity index is 762. The van der Waals surface area contributed by atoms with Crippen LogP contribution in [0.2, 0.25) is 0 Å². The molecular weight excluding hydrogens is 358 g/mol. The zero-order valence-electron chi connectivity index (χ0n) is 10.0. The Morgan fingerprint density at radius 2 is 1.90 bits per heavy atom. The van der Waals surface area contributed by atoms with Crippen molar-refractivity contribution < 1.29 is 9.90 Å². The van der Waals surface area contributed by atoms with Gasteiger partial charge in [-0.15, -0.1) is 22.7 Å². The average molecular weight is 366 g/mol. The highest BCUT2D eigenvalue weighted by molar-refractivity contribution is 9.10. The molecule has 1 aromatic carbocycles. The second kappa shape index (κ2) is 5.47. The van der Waals surface area contributed by atoms with Gasteiger partial charge in [0.15, 0.2) is 0 Å². The number of benzene rings is 1. The summed E-state index contributed by atoms with van der Waals surface area (Å²) in [5.74, 6) is -0.918. The molecule has 1 N–H and O–H groups in total. The Kier molecular flexibility index (Phi) is 3.69. The minimum atomic E-state index is -0.918. The Morgan fingerprint density at radius 1 is 1.15 bits per heavy atom. The number of aromatic nitrogens is 1. The van der Waals surface area contributed by atoms with Gasteiger partial charge >= 0.3 is 5.97 Å². The number of carbonyl (C=O) groups is 1. The number of aromatic carboxylic acids is 1. The van der Waals surface area contributed by atoms with Crippen LogP contribution in [0.5, 0.6) is 0 Å². The van der Waals surface area contributed by atoms with Crippen molar-refractivity contribution in [2.75, 3.05) is 0 Å². The molecule has 3 nitrogen and oxygen atoms in total. The standard InChI is InChI=1S/C14H8BrNO2S2/c15-10-5-12(19-6-10)13-16-11(7-20-13)8-1-3-9(4-2-8)14(17)18/h1-7H,(H,17,18). The third-order valence-electron chi connectivity index (χ3n) is 2.71. The molecule has 0 fully saturated rings. The molecule has 0 spiro atoms. The number of thiophene rings is 1. The van der Waals surface area contributed by atoms with Gasteiger partial charge < -0.3 is 5.11 Å². The molecule has 0 saturated heterocycles. The largest absolute Gasteiger partial charge is 0.478 e. The first kappa shape index (κ1) is 13.5. The van der Waals surface area contributed by atoms with E-state index in [1.54, 1.807) is 46.9 Å². The van der Waals surface area contributed by atoms with E-state index in [-0.39, 0.29) is 5.56 Å². The fraction of sp³-hybridized carbons (Fsp3) is 0. The third kappa shape index (κ3) is 2.67. The van der Waals surface area contributed by atoms with E-state index in [4.69, 9.17) is 5.11 Å². The van der Waals surface area contributed by atoms with Crippen LogP contribution in [-0.2, 0) is 0 Å². The van der Waals surface area contributed by atoms with Crippen molar-refractivity contribution in [2.45, 2.75) is 0 Å². The maximum Gasteiger partial charge on any atom is 0.335 e. The zero-order valence-corrected chi connectivity index (χ0v) is 13.3. The van der Waals surface area contributed by atoms with Gasteiger partial charge in [0, 0.05) is 20.8 Å². The Balaban J connectivity index is 1.91. The van der Waals surface area contributed by atoms with Crippen LogP contribution in [0.1, 0.15) is 10.4 Å². The van der Waals surface area contributed by atoms with Crippen LogP contribution in [0, 0.1) is 0 Å². The summed E-state index contributed by atoms with van der Waals surface area (Å²) in [6.07, 6.45) is 0. The van der Waals surface area contributed by atoms with Gasteiger partial charge in [0.05, 0.1) is 16.1 Å². The van der Waals surface area contributed by atoms with Crippen molar-refractivity contribution in [3.8, 4) is 21.1 Å². The molecule has 20 heavy (non-hydrogen) atoms. The minimum absolute atomic E-state index is 0.284. The predicted molar refractivity (Wildman–Crippen MR) is 85.5 cm³/mol. The minimum Gasteiger partial charge on any atom is -0.478 e.